The summed E-state index contributed by atoms with van der Waals surface area (Å²) in [6.07, 6.45) is 2.57. The van der Waals surface area contributed by atoms with Gasteiger partial charge in [-0.2, -0.15) is 13.4 Å². The number of nitrogens with zero attached hydrogens (tertiary/aromatic N) is 4. The molecule has 10 nitrogen and oxygen atoms in total. The molecular weight excluding hydrogens is 685 g/mol. The molecule has 3 heterocycles. The number of imidazole rings is 1. The fraction of sp³-hybridized carbons (Fsp3) is 0.703. The van der Waals surface area contributed by atoms with Crippen LogP contribution in [0.25, 0.3) is 11.2 Å². The van der Waals surface area contributed by atoms with Crippen molar-refractivity contribution in [3.05, 3.63) is 41.5 Å². The van der Waals surface area contributed by atoms with E-state index < -0.39 is 33.0 Å². The second kappa shape index (κ2) is 14.3. The van der Waals surface area contributed by atoms with Gasteiger partial charge in [0.1, 0.15) is 23.6 Å². The topological polar surface area (TPSA) is 115 Å². The third-order valence-electron chi connectivity index (χ3n) is 11.0. The van der Waals surface area contributed by atoms with Crippen molar-refractivity contribution in [3.63, 3.8) is 0 Å². The molecule has 50 heavy (non-hydrogen) atoms. The van der Waals surface area contributed by atoms with E-state index >= 15 is 0 Å². The van der Waals surface area contributed by atoms with Gasteiger partial charge in [0.15, 0.2) is 27.8 Å². The molecule has 0 amide bonds. The smallest absolute Gasteiger partial charge is 0.341 e. The normalized spacial score (nSPS) is 19.8. The van der Waals surface area contributed by atoms with Crippen molar-refractivity contribution in [2.24, 2.45) is 0 Å². The number of benzene rings is 1. The van der Waals surface area contributed by atoms with Crippen LogP contribution < -0.4 is 4.18 Å². The molecule has 0 spiro atoms. The number of hydrogen-bond donors (Lipinski definition) is 0. The summed E-state index contributed by atoms with van der Waals surface area (Å²) in [5.41, 5.74) is 3.23. The highest BCUT2D eigenvalue weighted by Crippen LogP contribution is 2.43. The molecular formula is C37H62N4O6SSi2. The van der Waals surface area contributed by atoms with E-state index in [0.29, 0.717) is 18.7 Å². The van der Waals surface area contributed by atoms with E-state index in [1.165, 1.54) is 6.33 Å². The summed E-state index contributed by atoms with van der Waals surface area (Å²) in [6.45, 7) is 35.0. The lowest BCUT2D eigenvalue weighted by Gasteiger charge is -2.40. The number of hydrogen-bond acceptors (Lipinski definition) is 9. The summed E-state index contributed by atoms with van der Waals surface area (Å²) in [7, 11) is -8.51. The fourth-order valence-corrected chi connectivity index (χ4v) is 9.59. The zero-order valence-electron chi connectivity index (χ0n) is 33.3. The van der Waals surface area contributed by atoms with Crippen LogP contribution in [-0.4, -0.2) is 63.4 Å². The van der Waals surface area contributed by atoms with E-state index in [-0.39, 0.29) is 56.3 Å². The Kier molecular flexibility index (Phi) is 11.6. The first-order chi connectivity index (χ1) is 22.8. The Bertz CT molecular complexity index is 1750. The van der Waals surface area contributed by atoms with Gasteiger partial charge in [0.2, 0.25) is 0 Å². The number of fused-ring (bicyclic) bond motifs is 1. The maximum Gasteiger partial charge on any atom is 0.341 e. The third kappa shape index (κ3) is 8.38. The van der Waals surface area contributed by atoms with Gasteiger partial charge in [0.25, 0.3) is 5.88 Å². The fourth-order valence-electron chi connectivity index (χ4n) is 5.63. The minimum atomic E-state index is -4.29. The van der Waals surface area contributed by atoms with Crippen molar-refractivity contribution in [2.45, 2.75) is 167 Å². The molecule has 0 bridgehead atoms. The van der Waals surface area contributed by atoms with Gasteiger partial charge in [0.05, 0.1) is 19.0 Å². The van der Waals surface area contributed by atoms with E-state index in [4.69, 9.17) is 17.8 Å². The average Bonchev–Trinajstić information content (AvgIpc) is 3.58. The van der Waals surface area contributed by atoms with Crippen LogP contribution >= 0.6 is 0 Å². The standard InChI is InChI=1S/C37H62N4O6SSi2/c1-23(2)26-17-27(24(3)4)33(28(18-26)25(5)6)48(42,43)46-35-32-34(38-21-39-35)41(22-40-32)31-19-29(47-50(15,16)37(10,11)12)30(45-31)20-44-49(13,14)36(7,8)9/h17-18,21-25,29-31H,19-20H2,1-16H3/t29-,30+,31+/m0/s1. The van der Waals surface area contributed by atoms with Gasteiger partial charge in [-0.05, 0) is 70.7 Å². The molecule has 0 unspecified atom stereocenters. The Morgan fingerprint density at radius 2 is 1.42 bits per heavy atom. The summed E-state index contributed by atoms with van der Waals surface area (Å²) in [6, 6.07) is 3.99. The van der Waals surface area contributed by atoms with Crippen LogP contribution in [0.1, 0.15) is 130 Å². The maximum atomic E-state index is 14.2. The molecule has 2 aromatic heterocycles. The van der Waals surface area contributed by atoms with Crippen molar-refractivity contribution in [3.8, 4) is 5.88 Å². The molecule has 1 fully saturated rings. The van der Waals surface area contributed by atoms with E-state index in [0.717, 1.165) is 16.7 Å². The van der Waals surface area contributed by atoms with E-state index in [2.05, 4.69) is 96.5 Å². The van der Waals surface area contributed by atoms with Gasteiger partial charge in [-0.15, -0.1) is 0 Å². The maximum absolute atomic E-state index is 14.2. The Hall–Kier alpha value is -2.17. The Morgan fingerprint density at radius 1 is 0.860 bits per heavy atom. The molecule has 1 aliphatic rings. The summed E-state index contributed by atoms with van der Waals surface area (Å²) in [4.78, 5) is 13.6. The first-order valence-corrected chi connectivity index (χ1v) is 25.3. The summed E-state index contributed by atoms with van der Waals surface area (Å²) in [5, 5.41) is 0.0693. The second-order valence-corrected chi connectivity index (χ2v) is 28.9. The van der Waals surface area contributed by atoms with Crippen LogP contribution in [0.3, 0.4) is 0 Å². The van der Waals surface area contributed by atoms with Gasteiger partial charge < -0.3 is 17.8 Å². The Balaban J connectivity index is 1.71. The molecule has 0 saturated carbocycles. The number of aromatic nitrogens is 4. The van der Waals surface area contributed by atoms with Gasteiger partial charge >= 0.3 is 10.1 Å². The van der Waals surface area contributed by atoms with Crippen molar-refractivity contribution in [1.29, 1.82) is 0 Å². The highest BCUT2D eigenvalue weighted by atomic mass is 32.2. The summed E-state index contributed by atoms with van der Waals surface area (Å²) < 4.78 is 56.5. The quantitative estimate of drug-likeness (QED) is 0.132. The van der Waals surface area contributed by atoms with Crippen LogP contribution in [0, 0.1) is 0 Å². The van der Waals surface area contributed by atoms with E-state index in [9.17, 15) is 8.42 Å². The molecule has 0 radical (unpaired) electrons. The Labute approximate surface area is 303 Å². The molecule has 4 rings (SSSR count). The number of ether oxygens (including phenoxy) is 1. The molecule has 1 saturated heterocycles. The lowest BCUT2D eigenvalue weighted by molar-refractivity contribution is -0.0383. The summed E-state index contributed by atoms with van der Waals surface area (Å²) >= 11 is 0. The van der Waals surface area contributed by atoms with Crippen LogP contribution in [0.5, 0.6) is 5.88 Å². The lowest BCUT2D eigenvalue weighted by Crippen LogP contribution is -2.48. The predicted molar refractivity (Wildman–Crippen MR) is 206 cm³/mol. The van der Waals surface area contributed by atoms with Crippen molar-refractivity contribution < 1.29 is 26.2 Å². The monoisotopic (exact) mass is 746 g/mol. The molecule has 13 heteroatoms. The molecule has 280 valence electrons. The van der Waals surface area contributed by atoms with Crippen LogP contribution in [0.2, 0.25) is 36.3 Å². The molecule has 3 aromatic rings. The summed E-state index contributed by atoms with van der Waals surface area (Å²) in [5.74, 6) is 0.0459. The highest BCUT2D eigenvalue weighted by Gasteiger charge is 2.47. The van der Waals surface area contributed by atoms with Crippen LogP contribution in [-0.2, 0) is 23.7 Å². The van der Waals surface area contributed by atoms with Gasteiger partial charge in [-0.3, -0.25) is 4.57 Å². The molecule has 1 aliphatic heterocycles. The minimum absolute atomic E-state index is 0.0164. The third-order valence-corrected chi connectivity index (χ3v) is 21.4. The van der Waals surface area contributed by atoms with Crippen molar-refractivity contribution >= 4 is 37.9 Å². The lowest BCUT2D eigenvalue weighted by atomic mass is 9.89. The van der Waals surface area contributed by atoms with Crippen molar-refractivity contribution in [2.75, 3.05) is 6.61 Å². The predicted octanol–water partition coefficient (Wildman–Crippen LogP) is 9.66. The van der Waals surface area contributed by atoms with E-state index in [1.807, 2.05) is 44.4 Å². The van der Waals surface area contributed by atoms with Gasteiger partial charge in [-0.25, -0.2) is 9.97 Å². The SMILES string of the molecule is CC(C)c1cc(C(C)C)c(S(=O)(=O)Oc2ncnc3c2ncn3[C@H]2C[C@H](O[Si](C)(C)C(C)(C)C)[C@@H](CO[Si](C)(C)C(C)(C)C)O2)c(C(C)C)c1. The molecule has 0 N–H and O–H groups in total. The van der Waals surface area contributed by atoms with Crippen LogP contribution in [0.4, 0.5) is 0 Å². The highest BCUT2D eigenvalue weighted by molar-refractivity contribution is 7.87. The second-order valence-electron chi connectivity index (χ2n) is 17.9. The van der Waals surface area contributed by atoms with E-state index in [1.54, 1.807) is 6.33 Å². The first-order valence-electron chi connectivity index (χ1n) is 18.0. The van der Waals surface area contributed by atoms with Gasteiger partial charge in [-0.1, -0.05) is 95.2 Å². The Morgan fingerprint density at radius 3 is 1.92 bits per heavy atom. The van der Waals surface area contributed by atoms with Crippen molar-refractivity contribution in [1.82, 2.24) is 19.5 Å². The minimum Gasteiger partial charge on any atom is -0.414 e. The zero-order chi connectivity index (χ0) is 37.8. The average molecular weight is 747 g/mol. The number of rotatable bonds is 12. The molecule has 3 atom stereocenters. The van der Waals surface area contributed by atoms with Gasteiger partial charge in [0, 0.05) is 6.42 Å². The van der Waals surface area contributed by atoms with Crippen LogP contribution in [0.15, 0.2) is 29.7 Å². The molecule has 0 aliphatic carbocycles. The zero-order valence-corrected chi connectivity index (χ0v) is 36.2. The first kappa shape index (κ1) is 40.6. The molecule has 1 aromatic carbocycles. The largest absolute Gasteiger partial charge is 0.414 e.